The minimum absolute atomic E-state index is 0.170. The number of carbonyl (C=O) groups excluding carboxylic acids is 1. The molecule has 0 spiro atoms. The Morgan fingerprint density at radius 3 is 2.71 bits per heavy atom. The molecule has 21 heavy (non-hydrogen) atoms. The lowest BCUT2D eigenvalue weighted by atomic mass is 10.1. The normalized spacial score (nSPS) is 13.0. The number of aliphatic hydroxyl groups is 1. The first kappa shape index (κ1) is 15.1. The van der Waals surface area contributed by atoms with Crippen molar-refractivity contribution >= 4 is 5.97 Å². The van der Waals surface area contributed by atoms with E-state index in [1.54, 1.807) is 30.3 Å². The van der Waals surface area contributed by atoms with Crippen molar-refractivity contribution < 1.29 is 23.4 Å². The maximum absolute atomic E-state index is 13.7. The number of benzene rings is 1. The van der Waals surface area contributed by atoms with Gasteiger partial charge in [-0.15, -0.1) is 0 Å². The maximum Gasteiger partial charge on any atom is 0.380 e. The first-order valence-corrected chi connectivity index (χ1v) is 6.30. The molecule has 2 aromatic rings. The van der Waals surface area contributed by atoms with Gasteiger partial charge in [-0.05, 0) is 19.1 Å². The molecule has 1 atom stereocenters. The van der Waals surface area contributed by atoms with Crippen LogP contribution in [0.5, 0.6) is 0 Å². The van der Waals surface area contributed by atoms with Gasteiger partial charge in [0.05, 0.1) is 18.5 Å². The van der Waals surface area contributed by atoms with Gasteiger partial charge in [0.1, 0.15) is 0 Å². The molecule has 0 radical (unpaired) electrons. The van der Waals surface area contributed by atoms with E-state index in [2.05, 4.69) is 9.84 Å². The van der Waals surface area contributed by atoms with E-state index in [1.165, 1.54) is 17.8 Å². The molecule has 0 fully saturated rings. The Morgan fingerprint density at radius 2 is 2.10 bits per heavy atom. The fourth-order valence-corrected chi connectivity index (χ4v) is 1.75. The summed E-state index contributed by atoms with van der Waals surface area (Å²) < 4.78 is 33.1. The third-order valence-corrected chi connectivity index (χ3v) is 2.83. The molecule has 0 saturated heterocycles. The van der Waals surface area contributed by atoms with E-state index in [0.29, 0.717) is 5.69 Å². The van der Waals surface area contributed by atoms with Crippen LogP contribution in [-0.2, 0) is 9.53 Å². The molecule has 1 aromatic carbocycles. The largest absolute Gasteiger partial charge is 0.461 e. The summed E-state index contributed by atoms with van der Waals surface area (Å²) in [6.07, 6.45) is 0.0202. The quantitative estimate of drug-likeness (QED) is 0.858. The molecule has 1 heterocycles. The molecule has 1 aromatic heterocycles. The van der Waals surface area contributed by atoms with Gasteiger partial charge in [-0.1, -0.05) is 18.2 Å². The van der Waals surface area contributed by atoms with Gasteiger partial charge in [-0.3, -0.25) is 0 Å². The van der Waals surface area contributed by atoms with Crippen LogP contribution in [0.4, 0.5) is 8.78 Å². The second-order valence-corrected chi connectivity index (χ2v) is 4.30. The van der Waals surface area contributed by atoms with Crippen LogP contribution >= 0.6 is 0 Å². The molecule has 0 aliphatic heterocycles. The number of rotatable bonds is 5. The Labute approximate surface area is 119 Å². The molecule has 2 rings (SSSR count). The van der Waals surface area contributed by atoms with Crippen molar-refractivity contribution in [1.29, 1.82) is 0 Å². The lowest BCUT2D eigenvalue weighted by molar-refractivity contribution is -0.189. The van der Waals surface area contributed by atoms with Crippen molar-refractivity contribution in [3.8, 4) is 5.69 Å². The third kappa shape index (κ3) is 3.08. The number of alkyl halides is 2. The fourth-order valence-electron chi connectivity index (χ4n) is 1.75. The van der Waals surface area contributed by atoms with Gasteiger partial charge in [0.2, 0.25) is 0 Å². The highest BCUT2D eigenvalue weighted by atomic mass is 19.3. The van der Waals surface area contributed by atoms with E-state index in [-0.39, 0.29) is 12.2 Å². The van der Waals surface area contributed by atoms with Crippen LogP contribution in [0.2, 0.25) is 0 Å². The molecular formula is C14H14F2N2O3. The zero-order valence-corrected chi connectivity index (χ0v) is 11.2. The van der Waals surface area contributed by atoms with Gasteiger partial charge in [-0.25, -0.2) is 9.48 Å². The predicted octanol–water partition coefficient (Wildman–Crippen LogP) is 2.10. The van der Waals surface area contributed by atoms with Gasteiger partial charge < -0.3 is 9.84 Å². The van der Waals surface area contributed by atoms with Crippen molar-refractivity contribution in [2.75, 3.05) is 6.61 Å². The van der Waals surface area contributed by atoms with Gasteiger partial charge in [0, 0.05) is 11.8 Å². The summed E-state index contributed by atoms with van der Waals surface area (Å²) in [5, 5.41) is 13.6. The van der Waals surface area contributed by atoms with Crippen LogP contribution in [0.1, 0.15) is 18.6 Å². The van der Waals surface area contributed by atoms with Crippen molar-refractivity contribution in [3.63, 3.8) is 0 Å². The highest BCUT2D eigenvalue weighted by Crippen LogP contribution is 2.32. The number of aromatic nitrogens is 2. The first-order chi connectivity index (χ1) is 9.96. The number of aliphatic hydroxyl groups excluding tert-OH is 1. The number of esters is 1. The third-order valence-electron chi connectivity index (χ3n) is 2.83. The van der Waals surface area contributed by atoms with Crippen molar-refractivity contribution in [1.82, 2.24) is 9.78 Å². The fraction of sp³-hybridized carbons (Fsp3) is 0.286. The van der Waals surface area contributed by atoms with E-state index in [0.717, 1.165) is 6.20 Å². The summed E-state index contributed by atoms with van der Waals surface area (Å²) in [4.78, 5) is 11.2. The summed E-state index contributed by atoms with van der Waals surface area (Å²) in [6, 6.07) is 8.79. The summed E-state index contributed by atoms with van der Waals surface area (Å²) >= 11 is 0. The number of ether oxygens (including phenoxy) is 1. The molecule has 0 aliphatic carbocycles. The molecule has 1 N–H and O–H groups in total. The molecular weight excluding hydrogens is 282 g/mol. The average molecular weight is 296 g/mol. The Hall–Kier alpha value is -2.28. The van der Waals surface area contributed by atoms with Crippen LogP contribution < -0.4 is 0 Å². The van der Waals surface area contributed by atoms with Gasteiger partial charge in [0.15, 0.2) is 6.10 Å². The van der Waals surface area contributed by atoms with E-state index in [1.807, 2.05) is 0 Å². The second-order valence-electron chi connectivity index (χ2n) is 4.30. The Balaban J connectivity index is 2.23. The van der Waals surface area contributed by atoms with Gasteiger partial charge >= 0.3 is 11.9 Å². The molecule has 112 valence electrons. The molecule has 0 bridgehead atoms. The highest BCUT2D eigenvalue weighted by Gasteiger charge is 2.49. The average Bonchev–Trinajstić information content (AvgIpc) is 2.97. The van der Waals surface area contributed by atoms with Crippen LogP contribution in [0.25, 0.3) is 5.69 Å². The maximum atomic E-state index is 13.7. The minimum atomic E-state index is -4.03. The molecule has 0 amide bonds. The highest BCUT2D eigenvalue weighted by molar-refractivity contribution is 5.78. The molecule has 0 aliphatic rings. The first-order valence-electron chi connectivity index (χ1n) is 6.30. The standard InChI is InChI=1S/C14H14F2N2O3/c1-2-21-13(20)14(15,16)12(19)10-8-17-18(9-10)11-6-4-3-5-7-11/h3-9,12,19H,2H2,1H3. The summed E-state index contributed by atoms with van der Waals surface area (Å²) in [5.41, 5.74) is 0.479. The van der Waals surface area contributed by atoms with Crippen molar-refractivity contribution in [2.45, 2.75) is 19.0 Å². The van der Waals surface area contributed by atoms with Crippen LogP contribution in [0, 0.1) is 0 Å². The van der Waals surface area contributed by atoms with E-state index < -0.39 is 18.0 Å². The Kier molecular flexibility index (Phi) is 4.32. The van der Waals surface area contributed by atoms with E-state index >= 15 is 0 Å². The Bertz CT molecular complexity index is 614. The number of hydrogen-bond acceptors (Lipinski definition) is 4. The summed E-state index contributed by atoms with van der Waals surface area (Å²) in [6.45, 7) is 1.22. The van der Waals surface area contributed by atoms with Gasteiger partial charge in [-0.2, -0.15) is 13.9 Å². The summed E-state index contributed by atoms with van der Waals surface area (Å²) in [5.74, 6) is -5.79. The molecule has 0 saturated carbocycles. The zero-order chi connectivity index (χ0) is 15.5. The number of para-hydroxylation sites is 1. The number of carbonyl (C=O) groups is 1. The SMILES string of the molecule is CCOC(=O)C(F)(F)C(O)c1cnn(-c2ccccc2)c1. The van der Waals surface area contributed by atoms with Crippen LogP contribution in [0.3, 0.4) is 0 Å². The van der Waals surface area contributed by atoms with Crippen LogP contribution in [-0.4, -0.2) is 33.4 Å². The smallest absolute Gasteiger partial charge is 0.380 e. The topological polar surface area (TPSA) is 64.3 Å². The Morgan fingerprint density at radius 1 is 1.43 bits per heavy atom. The lowest BCUT2D eigenvalue weighted by Gasteiger charge is -2.19. The number of hydrogen-bond donors (Lipinski definition) is 1. The van der Waals surface area contributed by atoms with Crippen molar-refractivity contribution in [3.05, 3.63) is 48.3 Å². The monoisotopic (exact) mass is 296 g/mol. The van der Waals surface area contributed by atoms with E-state index in [4.69, 9.17) is 0 Å². The second kappa shape index (κ2) is 6.01. The summed E-state index contributed by atoms with van der Waals surface area (Å²) in [7, 11) is 0. The number of nitrogens with zero attached hydrogens (tertiary/aromatic N) is 2. The van der Waals surface area contributed by atoms with E-state index in [9.17, 15) is 18.7 Å². The molecule has 7 heteroatoms. The zero-order valence-electron chi connectivity index (χ0n) is 11.2. The number of halogens is 2. The molecule has 5 nitrogen and oxygen atoms in total. The van der Waals surface area contributed by atoms with Crippen LogP contribution in [0.15, 0.2) is 42.7 Å². The van der Waals surface area contributed by atoms with Gasteiger partial charge in [0.25, 0.3) is 0 Å². The molecule has 1 unspecified atom stereocenters. The lowest BCUT2D eigenvalue weighted by Crippen LogP contribution is -2.37. The predicted molar refractivity (Wildman–Crippen MR) is 70.1 cm³/mol. The minimum Gasteiger partial charge on any atom is -0.461 e. The van der Waals surface area contributed by atoms with Crippen molar-refractivity contribution in [2.24, 2.45) is 0 Å².